The Balaban J connectivity index is 1.47. The van der Waals surface area contributed by atoms with Crippen LogP contribution in [0.2, 0.25) is 5.02 Å². The van der Waals surface area contributed by atoms with Gasteiger partial charge in [-0.05, 0) is 47.9 Å². The van der Waals surface area contributed by atoms with Crippen molar-refractivity contribution in [1.29, 1.82) is 0 Å². The van der Waals surface area contributed by atoms with Gasteiger partial charge in [0, 0.05) is 28.2 Å². The number of halogens is 1. The minimum atomic E-state index is -0.358. The van der Waals surface area contributed by atoms with Crippen LogP contribution in [0, 0.1) is 0 Å². The van der Waals surface area contributed by atoms with Crippen LogP contribution in [0.4, 0.5) is 4.79 Å². The third kappa shape index (κ3) is 3.84. The van der Waals surface area contributed by atoms with Crippen molar-refractivity contribution >= 4 is 28.6 Å². The number of hydrogen-bond acceptors (Lipinski definition) is 5. The minimum Gasteiger partial charge on any atom is -0.488 e. The first-order chi connectivity index (χ1) is 15.1. The summed E-state index contributed by atoms with van der Waals surface area (Å²) in [6, 6.07) is 13.3. The number of aromatic amines is 1. The molecule has 2 aromatic carbocycles. The van der Waals surface area contributed by atoms with Crippen molar-refractivity contribution in [2.45, 2.75) is 18.8 Å². The molecule has 1 saturated heterocycles. The smallest absolute Gasteiger partial charge is 0.410 e. The molecule has 1 aromatic heterocycles. The van der Waals surface area contributed by atoms with Gasteiger partial charge in [0.1, 0.15) is 18.4 Å². The Morgan fingerprint density at radius 3 is 2.71 bits per heavy atom. The van der Waals surface area contributed by atoms with E-state index in [2.05, 4.69) is 4.98 Å². The summed E-state index contributed by atoms with van der Waals surface area (Å²) in [5.74, 6) is 0.715. The number of carbonyl (C=O) groups excluding carboxylic acids is 1. The highest BCUT2D eigenvalue weighted by molar-refractivity contribution is 6.31. The highest BCUT2D eigenvalue weighted by Crippen LogP contribution is 2.39. The number of H-pyrrole nitrogens is 1. The molecule has 3 aromatic rings. The fraction of sp³-hybridized carbons (Fsp3) is 0.348. The van der Waals surface area contributed by atoms with E-state index in [1.54, 1.807) is 4.90 Å². The number of aromatic nitrogens is 1. The maximum Gasteiger partial charge on any atom is 0.410 e. The summed E-state index contributed by atoms with van der Waals surface area (Å²) in [6.07, 6.45) is 0.0425. The molecule has 1 N–H and O–H groups in total. The van der Waals surface area contributed by atoms with Crippen molar-refractivity contribution in [1.82, 2.24) is 9.88 Å². The van der Waals surface area contributed by atoms with Crippen LogP contribution in [-0.4, -0.2) is 55.7 Å². The molecule has 0 radical (unpaired) electrons. The van der Waals surface area contributed by atoms with Gasteiger partial charge in [0.15, 0.2) is 6.29 Å². The Morgan fingerprint density at radius 2 is 1.97 bits per heavy atom. The summed E-state index contributed by atoms with van der Waals surface area (Å²) < 4.78 is 21.7. The van der Waals surface area contributed by atoms with E-state index >= 15 is 0 Å². The molecule has 8 heteroatoms. The second-order valence-corrected chi connectivity index (χ2v) is 8.01. The number of nitrogens with one attached hydrogen (secondary N) is 1. The minimum absolute atomic E-state index is 0.294. The molecule has 1 unspecified atom stereocenters. The zero-order valence-electron chi connectivity index (χ0n) is 17.1. The van der Waals surface area contributed by atoms with Gasteiger partial charge in [-0.25, -0.2) is 4.79 Å². The second kappa shape index (κ2) is 8.42. The lowest BCUT2D eigenvalue weighted by Gasteiger charge is -2.35. The normalized spacial score (nSPS) is 18.9. The van der Waals surface area contributed by atoms with Gasteiger partial charge >= 0.3 is 6.09 Å². The van der Waals surface area contributed by atoms with E-state index in [-0.39, 0.29) is 18.4 Å². The van der Waals surface area contributed by atoms with Gasteiger partial charge in [0.05, 0.1) is 20.3 Å². The van der Waals surface area contributed by atoms with Gasteiger partial charge in [-0.1, -0.05) is 23.7 Å². The lowest BCUT2D eigenvalue weighted by molar-refractivity contribution is -0.0684. The van der Waals surface area contributed by atoms with Gasteiger partial charge in [-0.3, -0.25) is 4.90 Å². The van der Waals surface area contributed by atoms with Crippen LogP contribution < -0.4 is 4.74 Å². The molecule has 0 aliphatic carbocycles. The van der Waals surface area contributed by atoms with Crippen LogP contribution in [0.1, 0.15) is 22.9 Å². The quantitative estimate of drug-likeness (QED) is 0.652. The Kier molecular flexibility index (Phi) is 5.48. The summed E-state index contributed by atoms with van der Waals surface area (Å²) >= 11 is 6.24. The highest BCUT2D eigenvalue weighted by atomic mass is 35.5. The molecule has 1 amide bonds. The Labute approximate surface area is 184 Å². The number of hydrogen-bond donors (Lipinski definition) is 1. The predicted octanol–water partition coefficient (Wildman–Crippen LogP) is 4.29. The van der Waals surface area contributed by atoms with E-state index in [1.165, 1.54) is 12.7 Å². The summed E-state index contributed by atoms with van der Waals surface area (Å²) in [7, 11) is 1.41. The SMILES string of the molecule is COC(=O)N1CCc2c([nH]c3ccc(Cl)cc23)C1c1ccc(OCC2OCCO2)cc1. The average Bonchev–Trinajstić information content (AvgIpc) is 3.44. The van der Waals surface area contributed by atoms with E-state index < -0.39 is 0 Å². The van der Waals surface area contributed by atoms with E-state index in [9.17, 15) is 4.79 Å². The van der Waals surface area contributed by atoms with Crippen molar-refractivity contribution in [3.63, 3.8) is 0 Å². The standard InChI is InChI=1S/C23H23ClN2O5/c1-28-23(27)26-9-8-17-18-12-15(24)4-7-19(18)25-21(17)22(26)14-2-5-16(6-3-14)31-13-20-29-10-11-30-20/h2-7,12,20,22,25H,8-11,13H2,1H3. The largest absolute Gasteiger partial charge is 0.488 e. The van der Waals surface area contributed by atoms with Gasteiger partial charge < -0.3 is 23.9 Å². The van der Waals surface area contributed by atoms with Crippen LogP contribution >= 0.6 is 11.6 Å². The van der Waals surface area contributed by atoms with Crippen molar-refractivity contribution in [2.24, 2.45) is 0 Å². The molecule has 2 aliphatic rings. The lowest BCUT2D eigenvalue weighted by Crippen LogP contribution is -2.40. The first kappa shape index (κ1) is 20.2. The molecule has 31 heavy (non-hydrogen) atoms. The fourth-order valence-electron chi connectivity index (χ4n) is 4.34. The monoisotopic (exact) mass is 442 g/mol. The van der Waals surface area contributed by atoms with E-state index in [0.29, 0.717) is 37.1 Å². The molecule has 7 nitrogen and oxygen atoms in total. The van der Waals surface area contributed by atoms with Crippen LogP contribution in [0.25, 0.3) is 10.9 Å². The van der Waals surface area contributed by atoms with Gasteiger partial charge in [0.2, 0.25) is 0 Å². The highest BCUT2D eigenvalue weighted by Gasteiger charge is 2.35. The molecule has 2 aliphatic heterocycles. The average molecular weight is 443 g/mol. The molecular weight excluding hydrogens is 420 g/mol. The van der Waals surface area contributed by atoms with Gasteiger partial charge in [-0.2, -0.15) is 0 Å². The molecule has 0 bridgehead atoms. The fourth-order valence-corrected chi connectivity index (χ4v) is 4.51. The molecule has 1 atom stereocenters. The topological polar surface area (TPSA) is 73.0 Å². The number of rotatable bonds is 4. The van der Waals surface area contributed by atoms with Crippen LogP contribution in [0.5, 0.6) is 5.75 Å². The number of benzene rings is 2. The maximum atomic E-state index is 12.6. The first-order valence-corrected chi connectivity index (χ1v) is 10.6. The second-order valence-electron chi connectivity index (χ2n) is 7.57. The van der Waals surface area contributed by atoms with Crippen LogP contribution in [0.3, 0.4) is 0 Å². The van der Waals surface area contributed by atoms with Crippen LogP contribution in [-0.2, 0) is 20.6 Å². The number of carbonyl (C=O) groups is 1. The van der Waals surface area contributed by atoms with Gasteiger partial charge in [-0.15, -0.1) is 0 Å². The number of amides is 1. The van der Waals surface area contributed by atoms with Crippen molar-refractivity contribution in [3.8, 4) is 5.75 Å². The maximum absolute atomic E-state index is 12.6. The summed E-state index contributed by atoms with van der Waals surface area (Å²) in [5.41, 5.74) is 4.13. The third-order valence-corrected chi connectivity index (χ3v) is 6.01. The lowest BCUT2D eigenvalue weighted by atomic mass is 9.92. The third-order valence-electron chi connectivity index (χ3n) is 5.77. The predicted molar refractivity (Wildman–Crippen MR) is 116 cm³/mol. The molecule has 162 valence electrons. The number of fused-ring (bicyclic) bond motifs is 3. The first-order valence-electron chi connectivity index (χ1n) is 10.2. The summed E-state index contributed by atoms with van der Waals surface area (Å²) in [4.78, 5) is 17.8. The molecule has 0 saturated carbocycles. The Morgan fingerprint density at radius 1 is 1.19 bits per heavy atom. The molecule has 5 rings (SSSR count). The molecule has 3 heterocycles. The van der Waals surface area contributed by atoms with Crippen molar-refractivity contribution in [2.75, 3.05) is 33.5 Å². The summed E-state index contributed by atoms with van der Waals surface area (Å²) in [6.45, 7) is 2.08. The van der Waals surface area contributed by atoms with Crippen molar-refractivity contribution < 1.29 is 23.7 Å². The Bertz CT molecular complexity index is 1090. The van der Waals surface area contributed by atoms with E-state index in [0.717, 1.165) is 28.6 Å². The molecule has 0 spiro atoms. The van der Waals surface area contributed by atoms with Gasteiger partial charge in [0.25, 0.3) is 0 Å². The van der Waals surface area contributed by atoms with Crippen LogP contribution in [0.15, 0.2) is 42.5 Å². The summed E-state index contributed by atoms with van der Waals surface area (Å²) in [5, 5.41) is 1.78. The molecule has 1 fully saturated rings. The zero-order chi connectivity index (χ0) is 21.4. The number of ether oxygens (including phenoxy) is 4. The number of nitrogens with zero attached hydrogens (tertiary/aromatic N) is 1. The number of methoxy groups -OCH3 is 1. The zero-order valence-corrected chi connectivity index (χ0v) is 17.9. The Hall–Kier alpha value is -2.74. The van der Waals surface area contributed by atoms with E-state index in [4.69, 9.17) is 30.5 Å². The van der Waals surface area contributed by atoms with E-state index in [1.807, 2.05) is 42.5 Å². The van der Waals surface area contributed by atoms with Crippen molar-refractivity contribution in [3.05, 3.63) is 64.3 Å². The molecular formula is C23H23ClN2O5.